The quantitative estimate of drug-likeness (QED) is 0.466. The van der Waals surface area contributed by atoms with Crippen molar-refractivity contribution < 1.29 is 24.3 Å². The molecule has 1 heterocycles. The fourth-order valence-electron chi connectivity index (χ4n) is 4.95. The van der Waals surface area contributed by atoms with Gasteiger partial charge in [0.05, 0.1) is 6.04 Å². The average molecular weight is 502 g/mol. The summed E-state index contributed by atoms with van der Waals surface area (Å²) in [5.41, 5.74) is 7.84. The summed E-state index contributed by atoms with van der Waals surface area (Å²) in [4.78, 5) is 53.6. The van der Waals surface area contributed by atoms with Crippen LogP contribution in [0.15, 0.2) is 24.3 Å². The molecule has 1 aromatic carbocycles. The lowest BCUT2D eigenvalue weighted by Crippen LogP contribution is -2.60. The predicted molar refractivity (Wildman–Crippen MR) is 135 cm³/mol. The Morgan fingerprint density at radius 3 is 2.50 bits per heavy atom. The average Bonchev–Trinajstić information content (AvgIpc) is 3.22. The second-order valence-corrected chi connectivity index (χ2v) is 11.0. The first kappa shape index (κ1) is 27.4. The zero-order valence-corrected chi connectivity index (χ0v) is 21.8. The van der Waals surface area contributed by atoms with E-state index in [1.807, 2.05) is 39.0 Å². The third-order valence-electron chi connectivity index (χ3n) is 7.27. The fraction of sp³-hybridized carbons (Fsp3) is 0.615. The molecule has 36 heavy (non-hydrogen) atoms. The van der Waals surface area contributed by atoms with Crippen molar-refractivity contribution in [3.05, 3.63) is 35.4 Å². The van der Waals surface area contributed by atoms with E-state index in [4.69, 9.17) is 5.73 Å². The molecule has 0 bridgehead atoms. The number of nitrogens with one attached hydrogen (secondary N) is 2. The van der Waals surface area contributed by atoms with Gasteiger partial charge in [0.25, 0.3) is 0 Å². The van der Waals surface area contributed by atoms with Crippen molar-refractivity contribution >= 4 is 23.8 Å². The molecule has 0 saturated carbocycles. The Balaban J connectivity index is 1.78. The fourth-order valence-corrected chi connectivity index (χ4v) is 4.95. The minimum atomic E-state index is -1.25. The van der Waals surface area contributed by atoms with Crippen molar-refractivity contribution in [2.24, 2.45) is 11.1 Å². The number of likely N-dealkylation sites (N-methyl/N-ethyl adjacent to an activating group) is 1. The number of nitrogens with zero attached hydrogens (tertiary/aromatic N) is 2. The maximum atomic E-state index is 13.8. The van der Waals surface area contributed by atoms with Gasteiger partial charge in [0.2, 0.25) is 17.7 Å². The van der Waals surface area contributed by atoms with Gasteiger partial charge in [-0.3, -0.25) is 19.3 Å². The van der Waals surface area contributed by atoms with Crippen LogP contribution in [0, 0.1) is 5.41 Å². The number of hydrogen-bond donors (Lipinski definition) is 4. The third kappa shape index (κ3) is 5.98. The zero-order valence-electron chi connectivity index (χ0n) is 21.8. The van der Waals surface area contributed by atoms with Crippen molar-refractivity contribution in [1.29, 1.82) is 0 Å². The minimum Gasteiger partial charge on any atom is -0.465 e. The lowest BCUT2D eigenvalue weighted by Gasteiger charge is -2.37. The van der Waals surface area contributed by atoms with E-state index in [9.17, 15) is 24.3 Å². The van der Waals surface area contributed by atoms with Gasteiger partial charge in [0.15, 0.2) is 0 Å². The molecule has 0 aromatic heterocycles. The van der Waals surface area contributed by atoms with Crippen LogP contribution >= 0.6 is 0 Å². The Kier molecular flexibility index (Phi) is 8.28. The van der Waals surface area contributed by atoms with E-state index in [1.54, 1.807) is 0 Å². The predicted octanol–water partition coefficient (Wildman–Crippen LogP) is 1.64. The Labute approximate surface area is 212 Å². The molecule has 198 valence electrons. The van der Waals surface area contributed by atoms with Crippen molar-refractivity contribution in [3.8, 4) is 0 Å². The highest BCUT2D eigenvalue weighted by molar-refractivity contribution is 5.94. The molecule has 1 fully saturated rings. The number of amides is 4. The Morgan fingerprint density at radius 2 is 1.86 bits per heavy atom. The van der Waals surface area contributed by atoms with Crippen molar-refractivity contribution in [3.63, 3.8) is 0 Å². The van der Waals surface area contributed by atoms with Crippen LogP contribution in [0.2, 0.25) is 0 Å². The van der Waals surface area contributed by atoms with Crippen molar-refractivity contribution in [1.82, 2.24) is 20.4 Å². The maximum Gasteiger partial charge on any atom is 0.407 e. The molecule has 1 saturated heterocycles. The van der Waals surface area contributed by atoms with Gasteiger partial charge in [-0.1, -0.05) is 45.0 Å². The number of carbonyl (C=O) groups excluding carboxylic acids is 3. The third-order valence-corrected chi connectivity index (χ3v) is 7.27. The molecular weight excluding hydrogens is 462 g/mol. The van der Waals surface area contributed by atoms with E-state index >= 15 is 0 Å². The van der Waals surface area contributed by atoms with Gasteiger partial charge in [-0.2, -0.15) is 0 Å². The molecule has 10 nitrogen and oxygen atoms in total. The normalized spacial score (nSPS) is 23.3. The van der Waals surface area contributed by atoms with Crippen LogP contribution in [0.25, 0.3) is 0 Å². The van der Waals surface area contributed by atoms with Gasteiger partial charge < -0.3 is 26.4 Å². The van der Waals surface area contributed by atoms with Gasteiger partial charge in [-0.15, -0.1) is 0 Å². The molecule has 2 unspecified atom stereocenters. The smallest absolute Gasteiger partial charge is 0.407 e. The molecule has 10 heteroatoms. The van der Waals surface area contributed by atoms with Crippen LogP contribution in [0.1, 0.15) is 64.1 Å². The van der Waals surface area contributed by atoms with Crippen LogP contribution in [-0.2, 0) is 20.8 Å². The second kappa shape index (κ2) is 10.9. The summed E-state index contributed by atoms with van der Waals surface area (Å²) in [7, 11) is 1.30. The van der Waals surface area contributed by atoms with E-state index in [0.717, 1.165) is 29.7 Å². The Bertz CT molecular complexity index is 1010. The second-order valence-electron chi connectivity index (χ2n) is 11.0. The lowest BCUT2D eigenvalue weighted by atomic mass is 9.85. The summed E-state index contributed by atoms with van der Waals surface area (Å²) < 4.78 is 0. The number of likely N-dealkylation sites (tertiary alicyclic amines) is 1. The van der Waals surface area contributed by atoms with E-state index in [2.05, 4.69) is 16.7 Å². The summed E-state index contributed by atoms with van der Waals surface area (Å²) in [5.74, 6) is -1.24. The van der Waals surface area contributed by atoms with E-state index in [1.165, 1.54) is 24.4 Å². The molecule has 1 aromatic rings. The first-order valence-corrected chi connectivity index (χ1v) is 12.5. The highest BCUT2D eigenvalue weighted by Crippen LogP contribution is 2.31. The van der Waals surface area contributed by atoms with E-state index < -0.39 is 41.4 Å². The Morgan fingerprint density at radius 1 is 1.19 bits per heavy atom. The molecule has 5 atom stereocenters. The number of hydrogen-bond acceptors (Lipinski definition) is 5. The largest absolute Gasteiger partial charge is 0.465 e. The molecule has 4 amide bonds. The number of fused-ring (bicyclic) bond motifs is 1. The molecule has 1 aliphatic heterocycles. The molecule has 0 radical (unpaired) electrons. The number of aryl methyl sites for hydroxylation is 1. The molecule has 1 aliphatic carbocycles. The first-order chi connectivity index (χ1) is 16.8. The minimum absolute atomic E-state index is 0.123. The van der Waals surface area contributed by atoms with Crippen molar-refractivity contribution in [2.45, 2.75) is 83.6 Å². The molecule has 0 spiro atoms. The van der Waals surface area contributed by atoms with E-state index in [-0.39, 0.29) is 24.5 Å². The maximum absolute atomic E-state index is 13.8. The summed E-state index contributed by atoms with van der Waals surface area (Å²) in [5, 5.41) is 15.1. The van der Waals surface area contributed by atoms with Crippen LogP contribution in [0.5, 0.6) is 0 Å². The van der Waals surface area contributed by atoms with Gasteiger partial charge >= 0.3 is 6.09 Å². The van der Waals surface area contributed by atoms with Crippen LogP contribution < -0.4 is 16.4 Å². The van der Waals surface area contributed by atoms with Gasteiger partial charge in [-0.25, -0.2) is 4.79 Å². The zero-order chi connectivity index (χ0) is 26.8. The molecular formula is C26H39N5O5. The van der Waals surface area contributed by atoms with E-state index in [0.29, 0.717) is 6.42 Å². The number of nitrogens with two attached hydrogens (primary N) is 1. The number of benzene rings is 1. The standard InChI is InChI=1S/C26H39N5O5/c1-15(30(5)25(35)36)22(32)29-21(26(2,3)4)24(34)31-14-17(27)13-20(31)23(33)28-19-12-8-10-16-9-6-7-11-18(16)19/h6-7,9,11,15,17,19-21H,8,10,12-14,27H2,1-5H3,(H,28,33)(H,29,32)(H,35,36)/t15-,17?,19+,20?,21+/m0/s1. The molecule has 3 rings (SSSR count). The highest BCUT2D eigenvalue weighted by Gasteiger charge is 2.45. The SMILES string of the molecule is C[C@@H](C(=O)N[C@H](C(=O)N1CC(N)CC1C(=O)N[C@@H]1CCCc2ccccc21)C(C)(C)C)N(C)C(=O)O. The monoisotopic (exact) mass is 501 g/mol. The highest BCUT2D eigenvalue weighted by atomic mass is 16.4. The van der Waals surface area contributed by atoms with Gasteiger partial charge in [-0.05, 0) is 49.1 Å². The first-order valence-electron chi connectivity index (χ1n) is 12.5. The van der Waals surface area contributed by atoms with Crippen molar-refractivity contribution in [2.75, 3.05) is 13.6 Å². The molecule has 2 aliphatic rings. The Hall–Kier alpha value is -3.14. The number of rotatable bonds is 6. The number of carbonyl (C=O) groups is 4. The van der Waals surface area contributed by atoms with Gasteiger partial charge in [0.1, 0.15) is 18.1 Å². The summed E-state index contributed by atoms with van der Waals surface area (Å²) in [6.07, 6.45) is 1.85. The van der Waals surface area contributed by atoms with Crippen LogP contribution in [0.4, 0.5) is 4.79 Å². The van der Waals surface area contributed by atoms with Crippen LogP contribution in [0.3, 0.4) is 0 Å². The summed E-state index contributed by atoms with van der Waals surface area (Å²) in [6, 6.07) is 4.87. The molecule has 5 N–H and O–H groups in total. The van der Waals surface area contributed by atoms with Crippen LogP contribution in [-0.4, -0.2) is 76.5 Å². The lowest BCUT2D eigenvalue weighted by molar-refractivity contribution is -0.144. The topological polar surface area (TPSA) is 145 Å². The number of carboxylic acid groups (broad SMARTS) is 1. The summed E-state index contributed by atoms with van der Waals surface area (Å²) >= 11 is 0. The summed E-state index contributed by atoms with van der Waals surface area (Å²) in [6.45, 7) is 7.09. The van der Waals surface area contributed by atoms with Gasteiger partial charge in [0, 0.05) is 19.6 Å².